The molecule has 0 saturated heterocycles. The lowest BCUT2D eigenvalue weighted by Crippen LogP contribution is -2.16. The van der Waals surface area contributed by atoms with Gasteiger partial charge in [0.2, 0.25) is 0 Å². The van der Waals surface area contributed by atoms with E-state index >= 15 is 0 Å². The van der Waals surface area contributed by atoms with Crippen molar-refractivity contribution in [2.45, 2.75) is 26.4 Å². The molecule has 0 bridgehead atoms. The topological polar surface area (TPSA) is 126 Å². The van der Waals surface area contributed by atoms with Crippen LogP contribution >= 0.6 is 0 Å². The molecule has 51 heavy (non-hydrogen) atoms. The molecule has 0 fully saturated rings. The van der Waals surface area contributed by atoms with E-state index in [0.29, 0.717) is 96.0 Å². The Hall–Kier alpha value is -3.46. The summed E-state index contributed by atoms with van der Waals surface area (Å²) in [6, 6.07) is 12.4. The van der Waals surface area contributed by atoms with Gasteiger partial charge < -0.3 is 47.4 Å². The highest BCUT2D eigenvalue weighted by atomic mass is 16.6. The molecular formula is C39H56O12. The van der Waals surface area contributed by atoms with Crippen LogP contribution in [0, 0.1) is 0 Å². The molecule has 0 spiro atoms. The van der Waals surface area contributed by atoms with E-state index in [1.165, 1.54) is 0 Å². The summed E-state index contributed by atoms with van der Waals surface area (Å²) in [5.41, 5.74) is 3.40. The van der Waals surface area contributed by atoms with Crippen LogP contribution in [-0.2, 0) is 54.0 Å². The third-order valence-corrected chi connectivity index (χ3v) is 7.02. The minimum Gasteiger partial charge on any atom is -0.460 e. The van der Waals surface area contributed by atoms with Crippen LogP contribution in [0.1, 0.15) is 57.2 Å². The molecular weight excluding hydrogens is 660 g/mol. The van der Waals surface area contributed by atoms with Gasteiger partial charge in [-0.3, -0.25) is 0 Å². The Bertz CT molecular complexity index is 1220. The predicted octanol–water partition coefficient (Wildman–Crippen LogP) is 5.42. The highest BCUT2D eigenvalue weighted by Gasteiger charge is 2.14. The monoisotopic (exact) mass is 716 g/mol. The minimum absolute atomic E-state index is 0.118. The second kappa shape index (κ2) is 30.2. The molecule has 0 atom stereocenters. The summed E-state index contributed by atoms with van der Waals surface area (Å²) in [7, 11) is 0. The minimum atomic E-state index is -0.451. The van der Waals surface area contributed by atoms with Gasteiger partial charge in [0.25, 0.3) is 0 Å². The average Bonchev–Trinajstić information content (AvgIpc) is 3.16. The van der Waals surface area contributed by atoms with Gasteiger partial charge in [0.1, 0.15) is 13.2 Å². The maximum absolute atomic E-state index is 12.8. The molecule has 0 amide bonds. The van der Waals surface area contributed by atoms with Crippen LogP contribution in [-0.4, -0.2) is 124 Å². The Morgan fingerprint density at radius 3 is 1.39 bits per heavy atom. The Kier molecular flexibility index (Phi) is 25.9. The molecule has 284 valence electrons. The van der Waals surface area contributed by atoms with Crippen LogP contribution in [0.2, 0.25) is 0 Å². The first-order valence-corrected chi connectivity index (χ1v) is 17.5. The molecule has 0 radical (unpaired) electrons. The number of hydrogen-bond donors (Lipinski definition) is 0. The fourth-order valence-electron chi connectivity index (χ4n) is 4.21. The number of unbranched alkanes of at least 4 members (excludes halogenated alkanes) is 1. The van der Waals surface area contributed by atoms with E-state index in [1.54, 1.807) is 48.6 Å². The number of hydrogen-bond acceptors (Lipinski definition) is 12. The Labute approximate surface area is 302 Å². The number of rotatable bonds is 33. The van der Waals surface area contributed by atoms with E-state index in [9.17, 15) is 9.59 Å². The van der Waals surface area contributed by atoms with E-state index < -0.39 is 11.9 Å². The summed E-state index contributed by atoms with van der Waals surface area (Å²) in [6.45, 7) is 16.6. The number of ether oxygens (including phenoxy) is 10. The fraction of sp³-hybridized carbons (Fsp3) is 0.538. The molecule has 12 nitrogen and oxygen atoms in total. The van der Waals surface area contributed by atoms with Gasteiger partial charge in [-0.1, -0.05) is 56.9 Å². The first kappa shape index (κ1) is 43.7. The maximum atomic E-state index is 12.8. The normalized spacial score (nSPS) is 11.0. The van der Waals surface area contributed by atoms with Crippen molar-refractivity contribution in [3.63, 3.8) is 0 Å². The van der Waals surface area contributed by atoms with Crippen molar-refractivity contribution in [3.8, 4) is 0 Å². The van der Waals surface area contributed by atoms with Crippen LogP contribution < -0.4 is 0 Å². The SMILES string of the molecule is C=Cc1ccc(C(=O)OCCOCCOCCOCCOCc2cc(C=C)ccc2C(=O)OCCOCCOCCOCCOCCCC)cc1. The summed E-state index contributed by atoms with van der Waals surface area (Å²) in [4.78, 5) is 24.8. The third kappa shape index (κ3) is 21.5. The molecule has 0 aliphatic carbocycles. The van der Waals surface area contributed by atoms with Crippen LogP contribution in [0.5, 0.6) is 0 Å². The van der Waals surface area contributed by atoms with Crippen LogP contribution in [0.15, 0.2) is 55.6 Å². The van der Waals surface area contributed by atoms with Gasteiger partial charge in [-0.05, 0) is 47.4 Å². The number of benzene rings is 2. The molecule has 0 aliphatic rings. The largest absolute Gasteiger partial charge is 0.460 e. The number of carbonyl (C=O) groups is 2. The second-order valence-corrected chi connectivity index (χ2v) is 10.9. The zero-order valence-electron chi connectivity index (χ0n) is 30.2. The molecule has 0 N–H and O–H groups in total. The van der Waals surface area contributed by atoms with Gasteiger partial charge in [0, 0.05) is 6.61 Å². The van der Waals surface area contributed by atoms with E-state index in [2.05, 4.69) is 20.1 Å². The van der Waals surface area contributed by atoms with E-state index in [-0.39, 0.29) is 33.0 Å². The molecule has 0 saturated carbocycles. The van der Waals surface area contributed by atoms with Crippen LogP contribution in [0.25, 0.3) is 12.2 Å². The zero-order valence-corrected chi connectivity index (χ0v) is 30.2. The number of esters is 2. The molecule has 2 aromatic carbocycles. The third-order valence-electron chi connectivity index (χ3n) is 7.02. The van der Waals surface area contributed by atoms with Crippen molar-refractivity contribution in [2.24, 2.45) is 0 Å². The van der Waals surface area contributed by atoms with Gasteiger partial charge in [-0.15, -0.1) is 0 Å². The van der Waals surface area contributed by atoms with Crippen LogP contribution in [0.3, 0.4) is 0 Å². The molecule has 0 aliphatic heterocycles. The second-order valence-electron chi connectivity index (χ2n) is 10.9. The highest BCUT2D eigenvalue weighted by molar-refractivity contribution is 5.91. The van der Waals surface area contributed by atoms with Crippen molar-refractivity contribution in [1.29, 1.82) is 0 Å². The summed E-state index contributed by atoms with van der Waals surface area (Å²) in [5.74, 6) is -0.847. The first-order chi connectivity index (χ1) is 25.1. The van der Waals surface area contributed by atoms with Crippen molar-refractivity contribution in [3.05, 3.63) is 83.4 Å². The fourth-order valence-corrected chi connectivity index (χ4v) is 4.21. The van der Waals surface area contributed by atoms with Crippen molar-refractivity contribution < 1.29 is 57.0 Å². The van der Waals surface area contributed by atoms with E-state index in [0.717, 1.165) is 30.6 Å². The molecule has 0 heterocycles. The summed E-state index contributed by atoms with van der Waals surface area (Å²) in [6.07, 6.45) is 5.60. The summed E-state index contributed by atoms with van der Waals surface area (Å²) < 4.78 is 54.7. The Morgan fingerprint density at radius 1 is 0.510 bits per heavy atom. The standard InChI is InChI=1S/C39H56O12/c1-4-7-14-42-15-16-43-17-18-44-22-24-48-28-30-51-39(41)37-13-10-34(6-3)31-36(37)32-49-26-25-46-20-19-45-21-23-47-27-29-50-38(40)35-11-8-33(5-2)9-12-35/h5-6,8-13,31H,2-4,7,14-30,32H2,1H3. The summed E-state index contributed by atoms with van der Waals surface area (Å²) in [5, 5.41) is 0. The van der Waals surface area contributed by atoms with Crippen molar-refractivity contribution >= 4 is 24.1 Å². The maximum Gasteiger partial charge on any atom is 0.338 e. The van der Waals surface area contributed by atoms with Gasteiger partial charge >= 0.3 is 11.9 Å². The molecule has 12 heteroatoms. The zero-order chi connectivity index (χ0) is 36.6. The van der Waals surface area contributed by atoms with E-state index in [4.69, 9.17) is 47.4 Å². The summed E-state index contributed by atoms with van der Waals surface area (Å²) >= 11 is 0. The first-order valence-electron chi connectivity index (χ1n) is 17.5. The lowest BCUT2D eigenvalue weighted by atomic mass is 10.0. The Morgan fingerprint density at radius 2 is 0.922 bits per heavy atom. The lowest BCUT2D eigenvalue weighted by Gasteiger charge is -2.12. The molecule has 0 aromatic heterocycles. The van der Waals surface area contributed by atoms with Gasteiger partial charge in [0.15, 0.2) is 0 Å². The lowest BCUT2D eigenvalue weighted by molar-refractivity contribution is -0.0109. The molecule has 2 rings (SSSR count). The van der Waals surface area contributed by atoms with E-state index in [1.807, 2.05) is 6.07 Å². The van der Waals surface area contributed by atoms with Gasteiger partial charge in [0.05, 0.1) is 110 Å². The van der Waals surface area contributed by atoms with Crippen molar-refractivity contribution in [2.75, 3.05) is 112 Å². The van der Waals surface area contributed by atoms with Crippen molar-refractivity contribution in [1.82, 2.24) is 0 Å². The van der Waals surface area contributed by atoms with Crippen LogP contribution in [0.4, 0.5) is 0 Å². The smallest absolute Gasteiger partial charge is 0.338 e. The average molecular weight is 717 g/mol. The predicted molar refractivity (Wildman–Crippen MR) is 194 cm³/mol. The highest BCUT2D eigenvalue weighted by Crippen LogP contribution is 2.16. The quantitative estimate of drug-likeness (QED) is 0.0692. The molecule has 0 unspecified atom stereocenters. The van der Waals surface area contributed by atoms with Gasteiger partial charge in [-0.25, -0.2) is 9.59 Å². The van der Waals surface area contributed by atoms with Gasteiger partial charge in [-0.2, -0.15) is 0 Å². The molecule has 2 aromatic rings. The number of carbonyl (C=O) groups excluding carboxylic acids is 2. The Balaban J connectivity index is 1.45.